The fourth-order valence-corrected chi connectivity index (χ4v) is 5.15. The van der Waals surface area contributed by atoms with Crippen LogP contribution in [0.15, 0.2) is 36.5 Å². The van der Waals surface area contributed by atoms with Crippen LogP contribution in [-0.4, -0.2) is 39.8 Å². The summed E-state index contributed by atoms with van der Waals surface area (Å²) >= 11 is 1.19. The van der Waals surface area contributed by atoms with Crippen molar-refractivity contribution >= 4 is 22.4 Å². The molecule has 1 N–H and O–H groups in total. The number of anilines is 1. The van der Waals surface area contributed by atoms with Gasteiger partial charge in [-0.1, -0.05) is 11.3 Å². The summed E-state index contributed by atoms with van der Waals surface area (Å²) in [7, 11) is 1.14. The lowest BCUT2D eigenvalue weighted by Crippen LogP contribution is -2.24. The number of hydrogen-bond acceptors (Lipinski definition) is 8. The first kappa shape index (κ1) is 25.9. The van der Waals surface area contributed by atoms with E-state index in [1.807, 2.05) is 12.1 Å². The van der Waals surface area contributed by atoms with E-state index in [4.69, 9.17) is 4.74 Å². The maximum absolute atomic E-state index is 14.3. The van der Waals surface area contributed by atoms with Gasteiger partial charge in [0.05, 0.1) is 5.69 Å². The number of carbonyl (C=O) groups excluding carboxylic acids is 1. The molecule has 2 heterocycles. The number of methoxy groups -OCH3 is 1. The number of amides is 1. The second-order valence-corrected chi connectivity index (χ2v) is 9.47. The molecule has 0 bridgehead atoms. The molecule has 192 valence electrons. The minimum atomic E-state index is -4.96. The van der Waals surface area contributed by atoms with Crippen LogP contribution in [0.2, 0.25) is 0 Å². The number of benzene rings is 1. The number of nitrogens with zero attached hydrogens (tertiary/aromatic N) is 4. The Morgan fingerprint density at radius 2 is 1.94 bits per heavy atom. The molecule has 1 saturated carbocycles. The molecule has 0 aliphatic heterocycles. The van der Waals surface area contributed by atoms with Gasteiger partial charge in [-0.3, -0.25) is 10.1 Å². The minimum absolute atomic E-state index is 0.188. The Bertz CT molecular complexity index is 1170. The first-order valence-corrected chi connectivity index (χ1v) is 12.0. The maximum atomic E-state index is 14.3. The van der Waals surface area contributed by atoms with Gasteiger partial charge < -0.3 is 9.47 Å². The third-order valence-corrected chi connectivity index (χ3v) is 6.84. The Morgan fingerprint density at radius 3 is 2.61 bits per heavy atom. The van der Waals surface area contributed by atoms with Crippen LogP contribution in [0.3, 0.4) is 0 Å². The number of rotatable bonds is 8. The van der Waals surface area contributed by atoms with Gasteiger partial charge in [-0.25, -0.2) is 4.39 Å². The molecule has 0 saturated heterocycles. The second kappa shape index (κ2) is 11.2. The average molecular weight is 526 g/mol. The largest absolute Gasteiger partial charge is 0.573 e. The third kappa shape index (κ3) is 6.72. The van der Waals surface area contributed by atoms with E-state index >= 15 is 0 Å². The predicted octanol–water partition coefficient (Wildman–Crippen LogP) is 5.21. The normalized spacial score (nSPS) is 19.0. The molecule has 3 aromatic rings. The number of nitrogens with one attached hydrogen (secondary N) is 1. The summed E-state index contributed by atoms with van der Waals surface area (Å²) in [6, 6.07) is 6.25. The molecule has 13 heteroatoms. The SMILES string of the molecule is CO[C@H](C(=O)Nc1nnc(CC2CCC(c3cccnn3)CC2)s1)c1cc(OC(F)(F)F)ccc1F. The highest BCUT2D eigenvalue weighted by atomic mass is 32.1. The highest BCUT2D eigenvalue weighted by Gasteiger charge is 2.33. The zero-order valence-corrected chi connectivity index (χ0v) is 20.0. The van der Waals surface area contributed by atoms with Crippen molar-refractivity contribution in [2.75, 3.05) is 12.4 Å². The van der Waals surface area contributed by atoms with E-state index in [2.05, 4.69) is 30.4 Å². The van der Waals surface area contributed by atoms with E-state index in [9.17, 15) is 22.4 Å². The van der Waals surface area contributed by atoms with E-state index in [-0.39, 0.29) is 5.13 Å². The van der Waals surface area contributed by atoms with Gasteiger partial charge in [-0.15, -0.1) is 23.4 Å². The van der Waals surface area contributed by atoms with Gasteiger partial charge in [0.2, 0.25) is 5.13 Å². The summed E-state index contributed by atoms with van der Waals surface area (Å²) in [6.07, 6.45) is -0.101. The molecule has 0 spiro atoms. The Hall–Kier alpha value is -3.19. The van der Waals surface area contributed by atoms with Crippen molar-refractivity contribution in [3.8, 4) is 5.75 Å². The highest BCUT2D eigenvalue weighted by Crippen LogP contribution is 2.37. The fourth-order valence-electron chi connectivity index (χ4n) is 4.29. The van der Waals surface area contributed by atoms with Crippen molar-refractivity contribution < 1.29 is 31.8 Å². The lowest BCUT2D eigenvalue weighted by Gasteiger charge is -2.27. The van der Waals surface area contributed by atoms with Crippen LogP contribution < -0.4 is 10.1 Å². The minimum Gasteiger partial charge on any atom is -0.406 e. The van der Waals surface area contributed by atoms with E-state index in [1.165, 1.54) is 11.3 Å². The van der Waals surface area contributed by atoms with Gasteiger partial charge in [-0.2, -0.15) is 10.2 Å². The van der Waals surface area contributed by atoms with Crippen LogP contribution in [-0.2, 0) is 16.0 Å². The molecule has 0 radical (unpaired) electrons. The van der Waals surface area contributed by atoms with Gasteiger partial charge in [0.1, 0.15) is 16.6 Å². The van der Waals surface area contributed by atoms with Gasteiger partial charge >= 0.3 is 6.36 Å². The number of alkyl halides is 3. The summed E-state index contributed by atoms with van der Waals surface area (Å²) in [6.45, 7) is 0. The van der Waals surface area contributed by atoms with Crippen LogP contribution in [0.1, 0.15) is 54.0 Å². The molecule has 1 aromatic carbocycles. The topological polar surface area (TPSA) is 99.1 Å². The van der Waals surface area contributed by atoms with E-state index in [0.717, 1.165) is 61.7 Å². The summed E-state index contributed by atoms with van der Waals surface area (Å²) < 4.78 is 60.8. The van der Waals surface area contributed by atoms with Crippen LogP contribution in [0.25, 0.3) is 0 Å². The molecule has 4 rings (SSSR count). The highest BCUT2D eigenvalue weighted by molar-refractivity contribution is 7.15. The lowest BCUT2D eigenvalue weighted by molar-refractivity contribution is -0.274. The molecule has 1 aliphatic carbocycles. The van der Waals surface area contributed by atoms with Crippen molar-refractivity contribution in [3.63, 3.8) is 0 Å². The van der Waals surface area contributed by atoms with Crippen LogP contribution in [0.5, 0.6) is 5.75 Å². The van der Waals surface area contributed by atoms with Crippen molar-refractivity contribution in [1.29, 1.82) is 0 Å². The molecule has 36 heavy (non-hydrogen) atoms. The molecule has 8 nitrogen and oxygen atoms in total. The summed E-state index contributed by atoms with van der Waals surface area (Å²) in [5.74, 6) is -1.56. The van der Waals surface area contributed by atoms with Crippen molar-refractivity contribution in [3.05, 3.63) is 58.6 Å². The Kier molecular flexibility index (Phi) is 8.09. The molecule has 1 amide bonds. The summed E-state index contributed by atoms with van der Waals surface area (Å²) in [5, 5.41) is 19.7. The van der Waals surface area contributed by atoms with Crippen molar-refractivity contribution in [2.24, 2.45) is 5.92 Å². The Labute approximate surface area is 208 Å². The Balaban J connectivity index is 1.35. The smallest absolute Gasteiger partial charge is 0.406 e. The molecular formula is C23H23F4N5O3S. The number of aromatic nitrogens is 4. The fraction of sp³-hybridized carbons (Fsp3) is 0.435. The Morgan fingerprint density at radius 1 is 1.17 bits per heavy atom. The van der Waals surface area contributed by atoms with E-state index in [0.29, 0.717) is 18.3 Å². The molecular weight excluding hydrogens is 502 g/mol. The van der Waals surface area contributed by atoms with Gasteiger partial charge in [0.15, 0.2) is 6.10 Å². The summed E-state index contributed by atoms with van der Waals surface area (Å²) in [5.41, 5.74) is 0.609. The first-order valence-electron chi connectivity index (χ1n) is 11.2. The number of halogens is 4. The van der Waals surface area contributed by atoms with Crippen molar-refractivity contribution in [2.45, 2.75) is 50.5 Å². The quantitative estimate of drug-likeness (QED) is 0.403. The second-order valence-electron chi connectivity index (χ2n) is 8.41. The van der Waals surface area contributed by atoms with Crippen LogP contribution in [0.4, 0.5) is 22.7 Å². The maximum Gasteiger partial charge on any atom is 0.573 e. The summed E-state index contributed by atoms with van der Waals surface area (Å²) in [4.78, 5) is 12.7. The van der Waals surface area contributed by atoms with E-state index in [1.54, 1.807) is 6.20 Å². The number of hydrogen-bond donors (Lipinski definition) is 1. The zero-order valence-electron chi connectivity index (χ0n) is 19.2. The van der Waals surface area contributed by atoms with Gasteiger partial charge in [0.25, 0.3) is 5.91 Å². The van der Waals surface area contributed by atoms with Gasteiger partial charge in [0, 0.05) is 31.2 Å². The predicted molar refractivity (Wildman–Crippen MR) is 122 cm³/mol. The van der Waals surface area contributed by atoms with Crippen LogP contribution >= 0.6 is 11.3 Å². The molecule has 1 aliphatic rings. The zero-order chi connectivity index (χ0) is 25.7. The molecule has 2 aromatic heterocycles. The average Bonchev–Trinajstić information content (AvgIpc) is 3.28. The molecule has 0 unspecified atom stereocenters. The first-order chi connectivity index (χ1) is 17.2. The number of carbonyl (C=O) groups is 1. The van der Waals surface area contributed by atoms with Gasteiger partial charge in [-0.05, 0) is 61.9 Å². The third-order valence-electron chi connectivity index (χ3n) is 5.98. The molecule has 1 atom stereocenters. The van der Waals surface area contributed by atoms with Crippen LogP contribution in [0, 0.1) is 11.7 Å². The standard InChI is InChI=1S/C23H23F4N5O3S/c1-34-20(16-12-15(8-9-17(16)24)35-23(25,26)27)21(33)29-22-32-31-19(36-22)11-13-4-6-14(7-5-13)18-3-2-10-28-30-18/h2-3,8-10,12-14,20H,4-7,11H2,1H3,(H,29,32,33)/t13?,14?,20-/m0/s1. The van der Waals surface area contributed by atoms with E-state index < -0.39 is 35.5 Å². The lowest BCUT2D eigenvalue weighted by atomic mass is 9.79. The van der Waals surface area contributed by atoms with Crippen molar-refractivity contribution in [1.82, 2.24) is 20.4 Å². The number of ether oxygens (including phenoxy) is 2. The monoisotopic (exact) mass is 525 g/mol. The molecule has 1 fully saturated rings.